The molecule has 0 aliphatic carbocycles. The molecule has 1 aliphatic rings. The van der Waals surface area contributed by atoms with Crippen molar-refractivity contribution in [3.8, 4) is 0 Å². The van der Waals surface area contributed by atoms with Gasteiger partial charge in [-0.25, -0.2) is 0 Å². The van der Waals surface area contributed by atoms with E-state index in [1.807, 2.05) is 0 Å². The summed E-state index contributed by atoms with van der Waals surface area (Å²) < 4.78 is 37.3. The Morgan fingerprint density at radius 3 is 2.45 bits per heavy atom. The number of hydrogen-bond donors (Lipinski definition) is 0. The lowest BCUT2D eigenvalue weighted by atomic mass is 10.1. The van der Waals surface area contributed by atoms with Crippen LogP contribution in [0.5, 0.6) is 0 Å². The maximum Gasteiger partial charge on any atom is 0.416 e. The van der Waals surface area contributed by atoms with E-state index < -0.39 is 11.7 Å². The van der Waals surface area contributed by atoms with Crippen LogP contribution in [-0.4, -0.2) is 30.3 Å². The van der Waals surface area contributed by atoms with Gasteiger partial charge in [0.1, 0.15) is 0 Å². The van der Waals surface area contributed by atoms with E-state index in [4.69, 9.17) is 0 Å². The van der Waals surface area contributed by atoms with Crippen LogP contribution in [0, 0.1) is 5.92 Å². The van der Waals surface area contributed by atoms with Crippen LogP contribution < -0.4 is 0 Å². The fourth-order valence-corrected chi connectivity index (χ4v) is 2.48. The Morgan fingerprint density at radius 2 is 1.95 bits per heavy atom. The zero-order valence-corrected chi connectivity index (χ0v) is 11.4. The number of likely N-dealkylation sites (tertiary alicyclic amines) is 1. The van der Waals surface area contributed by atoms with Crippen LogP contribution in [0.3, 0.4) is 0 Å². The molecule has 0 bridgehead atoms. The average molecular weight is 285 g/mol. The molecule has 0 aromatic heterocycles. The molecule has 1 aliphatic heterocycles. The van der Waals surface area contributed by atoms with Gasteiger partial charge in [-0.1, -0.05) is 19.1 Å². The molecule has 5 heteroatoms. The topological polar surface area (TPSA) is 20.3 Å². The molecule has 0 N–H and O–H groups in total. The summed E-state index contributed by atoms with van der Waals surface area (Å²) in [6.07, 6.45) is -2.85. The molecule has 0 radical (unpaired) electrons. The molecule has 110 valence electrons. The summed E-state index contributed by atoms with van der Waals surface area (Å²) in [6, 6.07) is 4.45. The third-order valence-electron chi connectivity index (χ3n) is 3.70. The first-order chi connectivity index (χ1) is 9.36. The molecule has 1 fully saturated rings. The Labute approximate surface area is 116 Å². The summed E-state index contributed by atoms with van der Waals surface area (Å²) in [4.78, 5) is 14.2. The monoisotopic (exact) mass is 285 g/mol. The first-order valence-electron chi connectivity index (χ1n) is 6.79. The van der Waals surface area contributed by atoms with Crippen molar-refractivity contribution in [2.75, 3.05) is 19.6 Å². The highest BCUT2D eigenvalue weighted by Crippen LogP contribution is 2.29. The van der Waals surface area contributed by atoms with Crippen molar-refractivity contribution < 1.29 is 18.0 Å². The van der Waals surface area contributed by atoms with Gasteiger partial charge in [-0.3, -0.25) is 4.79 Å². The van der Waals surface area contributed by atoms with E-state index >= 15 is 0 Å². The minimum atomic E-state index is -4.35. The van der Waals surface area contributed by atoms with E-state index in [9.17, 15) is 18.0 Å². The fourth-order valence-electron chi connectivity index (χ4n) is 2.48. The van der Waals surface area contributed by atoms with Crippen LogP contribution in [0.2, 0.25) is 0 Å². The Balaban J connectivity index is 1.89. The molecule has 1 aromatic carbocycles. The average Bonchev–Trinajstić information content (AvgIpc) is 2.81. The van der Waals surface area contributed by atoms with E-state index in [2.05, 4.69) is 11.8 Å². The van der Waals surface area contributed by atoms with Gasteiger partial charge in [0.25, 0.3) is 0 Å². The molecular weight excluding hydrogens is 267 g/mol. The third-order valence-corrected chi connectivity index (χ3v) is 3.70. The van der Waals surface area contributed by atoms with Gasteiger partial charge in [0, 0.05) is 25.1 Å². The van der Waals surface area contributed by atoms with Crippen LogP contribution in [0.15, 0.2) is 24.3 Å². The van der Waals surface area contributed by atoms with Gasteiger partial charge in [-0.15, -0.1) is 0 Å². The lowest BCUT2D eigenvalue weighted by molar-refractivity contribution is -0.137. The number of carbonyl (C=O) groups is 1. The zero-order chi connectivity index (χ0) is 14.8. The van der Waals surface area contributed by atoms with E-state index in [1.165, 1.54) is 12.1 Å². The molecule has 1 unspecified atom stereocenters. The van der Waals surface area contributed by atoms with Gasteiger partial charge in [0.15, 0.2) is 5.78 Å². The van der Waals surface area contributed by atoms with E-state index in [0.29, 0.717) is 24.4 Å². The number of carbonyl (C=O) groups excluding carboxylic acids is 1. The molecular formula is C15H18F3NO. The SMILES string of the molecule is CC1CCN(CCC(=O)c2ccc(C(F)(F)F)cc2)C1. The molecule has 2 rings (SSSR count). The predicted molar refractivity (Wildman–Crippen MR) is 70.6 cm³/mol. The summed E-state index contributed by atoms with van der Waals surface area (Å²) in [6.45, 7) is 4.86. The fraction of sp³-hybridized carbons (Fsp3) is 0.533. The van der Waals surface area contributed by atoms with E-state index in [-0.39, 0.29) is 5.78 Å². The minimum Gasteiger partial charge on any atom is -0.303 e. The summed E-state index contributed by atoms with van der Waals surface area (Å²) in [5.74, 6) is 0.564. The first-order valence-corrected chi connectivity index (χ1v) is 6.79. The maximum absolute atomic E-state index is 12.4. The van der Waals surface area contributed by atoms with Crippen molar-refractivity contribution in [2.45, 2.75) is 25.9 Å². The van der Waals surface area contributed by atoms with Gasteiger partial charge < -0.3 is 4.90 Å². The summed E-state index contributed by atoms with van der Waals surface area (Å²) in [5, 5.41) is 0. The van der Waals surface area contributed by atoms with Crippen molar-refractivity contribution in [1.29, 1.82) is 0 Å². The Morgan fingerprint density at radius 1 is 1.30 bits per heavy atom. The second-order valence-electron chi connectivity index (χ2n) is 5.44. The van der Waals surface area contributed by atoms with Crippen LogP contribution >= 0.6 is 0 Å². The summed E-state index contributed by atoms with van der Waals surface area (Å²) in [5.41, 5.74) is -0.368. The lowest BCUT2D eigenvalue weighted by Gasteiger charge is -2.14. The quantitative estimate of drug-likeness (QED) is 0.787. The summed E-state index contributed by atoms with van der Waals surface area (Å²) >= 11 is 0. The maximum atomic E-state index is 12.4. The molecule has 1 aromatic rings. The summed E-state index contributed by atoms with van der Waals surface area (Å²) in [7, 11) is 0. The minimum absolute atomic E-state index is 0.0988. The van der Waals surface area contributed by atoms with Crippen molar-refractivity contribution >= 4 is 5.78 Å². The molecule has 2 nitrogen and oxygen atoms in total. The molecule has 0 saturated carbocycles. The second-order valence-corrected chi connectivity index (χ2v) is 5.44. The van der Waals surface area contributed by atoms with E-state index in [0.717, 1.165) is 31.6 Å². The largest absolute Gasteiger partial charge is 0.416 e. The molecule has 0 spiro atoms. The van der Waals surface area contributed by atoms with Gasteiger partial charge in [0.2, 0.25) is 0 Å². The van der Waals surface area contributed by atoms with Crippen LogP contribution in [0.25, 0.3) is 0 Å². The van der Waals surface area contributed by atoms with Gasteiger partial charge in [-0.05, 0) is 31.0 Å². The van der Waals surface area contributed by atoms with Crippen molar-refractivity contribution in [3.05, 3.63) is 35.4 Å². The number of hydrogen-bond acceptors (Lipinski definition) is 2. The number of nitrogens with zero attached hydrogens (tertiary/aromatic N) is 1. The normalized spacial score (nSPS) is 20.3. The second kappa shape index (κ2) is 5.95. The van der Waals surface area contributed by atoms with Crippen molar-refractivity contribution in [1.82, 2.24) is 4.90 Å². The van der Waals surface area contributed by atoms with Crippen molar-refractivity contribution in [3.63, 3.8) is 0 Å². The third kappa shape index (κ3) is 3.82. The Hall–Kier alpha value is -1.36. The van der Waals surface area contributed by atoms with Crippen LogP contribution in [0.4, 0.5) is 13.2 Å². The number of Topliss-reactive ketones (excluding diaryl/α,β-unsaturated/α-hetero) is 1. The predicted octanol–water partition coefficient (Wildman–Crippen LogP) is 3.62. The highest BCUT2D eigenvalue weighted by molar-refractivity contribution is 5.96. The smallest absolute Gasteiger partial charge is 0.303 e. The Kier molecular flexibility index (Phi) is 4.48. The highest BCUT2D eigenvalue weighted by Gasteiger charge is 2.30. The van der Waals surface area contributed by atoms with Gasteiger partial charge >= 0.3 is 6.18 Å². The molecule has 1 heterocycles. The number of alkyl halides is 3. The lowest BCUT2D eigenvalue weighted by Crippen LogP contribution is -2.23. The molecule has 20 heavy (non-hydrogen) atoms. The number of halogens is 3. The molecule has 1 saturated heterocycles. The van der Waals surface area contributed by atoms with Crippen molar-refractivity contribution in [2.24, 2.45) is 5.92 Å². The number of benzene rings is 1. The first kappa shape index (κ1) is 15.0. The number of ketones is 1. The van der Waals surface area contributed by atoms with Crippen LogP contribution in [0.1, 0.15) is 35.7 Å². The van der Waals surface area contributed by atoms with E-state index in [1.54, 1.807) is 0 Å². The Bertz CT molecular complexity index is 467. The molecule has 0 amide bonds. The number of rotatable bonds is 4. The standard InChI is InChI=1S/C15H18F3NO/c1-11-6-8-19(10-11)9-7-14(20)12-2-4-13(5-3-12)15(16,17)18/h2-5,11H,6-10H2,1H3. The zero-order valence-electron chi connectivity index (χ0n) is 11.4. The highest BCUT2D eigenvalue weighted by atomic mass is 19.4. The van der Waals surface area contributed by atoms with Crippen LogP contribution in [-0.2, 0) is 6.18 Å². The van der Waals surface area contributed by atoms with Gasteiger partial charge in [0.05, 0.1) is 5.56 Å². The molecule has 1 atom stereocenters. The van der Waals surface area contributed by atoms with Gasteiger partial charge in [-0.2, -0.15) is 13.2 Å².